The van der Waals surface area contributed by atoms with Gasteiger partial charge in [0.15, 0.2) is 5.11 Å². The molecule has 2 aromatic carbocycles. The number of halogens is 1. The SMILES string of the molecule is Cc1cc([C@H]2[C@@H](c3ccccn3)NC(=S)N2c2ccccc2O)c(C)n1-c1cccc(F)c1. The quantitative estimate of drug-likeness (QED) is 0.395. The number of aromatic nitrogens is 2. The van der Waals surface area contributed by atoms with E-state index < -0.39 is 0 Å². The van der Waals surface area contributed by atoms with Crippen molar-refractivity contribution in [3.8, 4) is 11.4 Å². The largest absolute Gasteiger partial charge is 0.506 e. The Morgan fingerprint density at radius 3 is 2.52 bits per heavy atom. The van der Waals surface area contributed by atoms with Gasteiger partial charge in [-0.15, -0.1) is 0 Å². The molecule has 4 aromatic rings. The van der Waals surface area contributed by atoms with Gasteiger partial charge in [0.2, 0.25) is 0 Å². The van der Waals surface area contributed by atoms with E-state index in [-0.39, 0.29) is 23.7 Å². The molecular weight excluding hydrogens is 435 g/mol. The lowest BCUT2D eigenvalue weighted by atomic mass is 9.96. The van der Waals surface area contributed by atoms with Crippen LogP contribution in [0.4, 0.5) is 10.1 Å². The second-order valence-corrected chi connectivity index (χ2v) is 8.51. The molecule has 0 amide bonds. The van der Waals surface area contributed by atoms with Gasteiger partial charge in [-0.25, -0.2) is 4.39 Å². The van der Waals surface area contributed by atoms with Gasteiger partial charge in [0.05, 0.1) is 23.5 Å². The number of aryl methyl sites for hydroxylation is 1. The first-order valence-electron chi connectivity index (χ1n) is 10.7. The van der Waals surface area contributed by atoms with Gasteiger partial charge in [-0.3, -0.25) is 4.98 Å². The summed E-state index contributed by atoms with van der Waals surface area (Å²) in [5.74, 6) is -0.139. The monoisotopic (exact) mass is 458 g/mol. The number of pyridine rings is 1. The summed E-state index contributed by atoms with van der Waals surface area (Å²) in [5.41, 5.74) is 5.18. The van der Waals surface area contributed by atoms with Crippen molar-refractivity contribution in [2.24, 2.45) is 0 Å². The topological polar surface area (TPSA) is 53.3 Å². The van der Waals surface area contributed by atoms with Crippen LogP contribution in [-0.2, 0) is 0 Å². The van der Waals surface area contributed by atoms with Crippen molar-refractivity contribution in [2.75, 3.05) is 4.90 Å². The van der Waals surface area contributed by atoms with Gasteiger partial charge in [-0.1, -0.05) is 24.3 Å². The fourth-order valence-corrected chi connectivity index (χ4v) is 5.04. The van der Waals surface area contributed by atoms with Gasteiger partial charge in [0, 0.05) is 23.3 Å². The molecule has 2 aromatic heterocycles. The number of anilines is 1. The molecule has 1 aliphatic heterocycles. The van der Waals surface area contributed by atoms with Crippen molar-refractivity contribution in [1.82, 2.24) is 14.9 Å². The average Bonchev–Trinajstić information content (AvgIpc) is 3.30. The van der Waals surface area contributed by atoms with E-state index in [4.69, 9.17) is 12.2 Å². The molecule has 166 valence electrons. The number of thiocarbonyl (C=S) groups is 1. The molecule has 1 saturated heterocycles. The summed E-state index contributed by atoms with van der Waals surface area (Å²) < 4.78 is 16.0. The number of nitrogens with zero attached hydrogens (tertiary/aromatic N) is 3. The van der Waals surface area contributed by atoms with E-state index in [0.29, 0.717) is 10.8 Å². The zero-order chi connectivity index (χ0) is 23.1. The maximum atomic E-state index is 14.0. The van der Waals surface area contributed by atoms with Crippen LogP contribution in [-0.4, -0.2) is 19.8 Å². The normalized spacial score (nSPS) is 17.9. The molecule has 0 saturated carbocycles. The lowest BCUT2D eigenvalue weighted by molar-refractivity contribution is 0.472. The van der Waals surface area contributed by atoms with Gasteiger partial charge >= 0.3 is 0 Å². The minimum absolute atomic E-state index is 0.146. The number of hydrogen-bond donors (Lipinski definition) is 2. The van der Waals surface area contributed by atoms with Crippen LogP contribution in [0, 0.1) is 19.7 Å². The molecule has 1 fully saturated rings. The summed E-state index contributed by atoms with van der Waals surface area (Å²) in [4.78, 5) is 6.53. The molecule has 2 atom stereocenters. The molecule has 0 spiro atoms. The first kappa shape index (κ1) is 21.2. The van der Waals surface area contributed by atoms with Crippen LogP contribution in [0.2, 0.25) is 0 Å². The van der Waals surface area contributed by atoms with E-state index in [1.54, 1.807) is 24.4 Å². The van der Waals surface area contributed by atoms with Crippen molar-refractivity contribution in [3.05, 3.63) is 107 Å². The second-order valence-electron chi connectivity index (χ2n) is 8.13. The van der Waals surface area contributed by atoms with Crippen molar-refractivity contribution in [2.45, 2.75) is 25.9 Å². The maximum absolute atomic E-state index is 14.0. The second kappa shape index (κ2) is 8.33. The van der Waals surface area contributed by atoms with Crippen molar-refractivity contribution >= 4 is 23.0 Å². The minimum atomic E-state index is -0.285. The molecule has 1 aliphatic rings. The Balaban J connectivity index is 1.70. The van der Waals surface area contributed by atoms with E-state index in [1.807, 2.05) is 59.7 Å². The number of phenols is 1. The van der Waals surface area contributed by atoms with Gasteiger partial charge < -0.3 is 19.9 Å². The number of aromatic hydroxyl groups is 1. The molecule has 7 heteroatoms. The third kappa shape index (κ3) is 3.64. The summed E-state index contributed by atoms with van der Waals surface area (Å²) in [7, 11) is 0. The highest BCUT2D eigenvalue weighted by Gasteiger charge is 2.43. The summed E-state index contributed by atoms with van der Waals surface area (Å²) in [5, 5.41) is 14.6. The van der Waals surface area contributed by atoms with E-state index in [0.717, 1.165) is 28.3 Å². The molecule has 0 unspecified atom stereocenters. The van der Waals surface area contributed by atoms with Crippen molar-refractivity contribution in [1.29, 1.82) is 0 Å². The van der Waals surface area contributed by atoms with E-state index >= 15 is 0 Å². The summed E-state index contributed by atoms with van der Waals surface area (Å²) in [6.07, 6.45) is 1.76. The molecule has 0 aliphatic carbocycles. The number of benzene rings is 2. The molecule has 5 rings (SSSR count). The van der Waals surface area contributed by atoms with Crippen LogP contribution in [0.1, 0.15) is 34.7 Å². The molecule has 0 radical (unpaired) electrons. The summed E-state index contributed by atoms with van der Waals surface area (Å²) in [6.45, 7) is 4.02. The number of para-hydroxylation sites is 2. The predicted octanol–water partition coefficient (Wildman–Crippen LogP) is 5.51. The average molecular weight is 459 g/mol. The van der Waals surface area contributed by atoms with Crippen molar-refractivity contribution < 1.29 is 9.50 Å². The fourth-order valence-electron chi connectivity index (χ4n) is 4.70. The maximum Gasteiger partial charge on any atom is 0.174 e. The smallest absolute Gasteiger partial charge is 0.174 e. The van der Waals surface area contributed by atoms with E-state index in [9.17, 15) is 9.50 Å². The standard InChI is InChI=1S/C26H23FN4OS/c1-16-14-20(17(2)30(16)19-9-7-8-18(27)15-19)25-24(21-10-5-6-13-28-21)29-26(33)31(25)22-11-3-4-12-23(22)32/h3-15,24-25,32H,1-2H3,(H,29,33)/t24-,25+/m1/s1. The van der Waals surface area contributed by atoms with Gasteiger partial charge in [0.25, 0.3) is 0 Å². The Morgan fingerprint density at radius 1 is 1.00 bits per heavy atom. The third-order valence-corrected chi connectivity index (χ3v) is 6.41. The van der Waals surface area contributed by atoms with Gasteiger partial charge in [-0.05, 0) is 80.2 Å². The highest BCUT2D eigenvalue weighted by Crippen LogP contribution is 2.45. The first-order chi connectivity index (χ1) is 16.0. The fraction of sp³-hybridized carbons (Fsp3) is 0.154. The Bertz CT molecular complexity index is 1340. The Kier molecular flexibility index (Phi) is 5.34. The van der Waals surface area contributed by atoms with Crippen LogP contribution in [0.15, 0.2) is 79.0 Å². The zero-order valence-electron chi connectivity index (χ0n) is 18.2. The van der Waals surface area contributed by atoms with Gasteiger partial charge in [0.1, 0.15) is 11.6 Å². The van der Waals surface area contributed by atoms with E-state index in [1.165, 1.54) is 12.1 Å². The molecule has 33 heavy (non-hydrogen) atoms. The predicted molar refractivity (Wildman–Crippen MR) is 131 cm³/mol. The highest BCUT2D eigenvalue weighted by atomic mass is 32.1. The number of rotatable bonds is 4. The number of hydrogen-bond acceptors (Lipinski definition) is 3. The Labute approximate surface area is 197 Å². The van der Waals surface area contributed by atoms with Crippen LogP contribution >= 0.6 is 12.2 Å². The van der Waals surface area contributed by atoms with E-state index in [2.05, 4.69) is 16.4 Å². The van der Waals surface area contributed by atoms with Crippen molar-refractivity contribution in [3.63, 3.8) is 0 Å². The Hall–Kier alpha value is -3.71. The molecular formula is C26H23FN4OS. The number of nitrogens with one attached hydrogen (secondary N) is 1. The van der Waals surface area contributed by atoms with Crippen LogP contribution in [0.25, 0.3) is 5.69 Å². The highest BCUT2D eigenvalue weighted by molar-refractivity contribution is 7.80. The summed E-state index contributed by atoms with van der Waals surface area (Å²) in [6, 6.07) is 21.1. The lowest BCUT2D eigenvalue weighted by Crippen LogP contribution is -2.29. The molecule has 3 heterocycles. The molecule has 2 N–H and O–H groups in total. The van der Waals surface area contributed by atoms with Crippen LogP contribution in [0.3, 0.4) is 0 Å². The van der Waals surface area contributed by atoms with Crippen LogP contribution in [0.5, 0.6) is 5.75 Å². The number of phenolic OH excluding ortho intramolecular Hbond substituents is 1. The summed E-state index contributed by atoms with van der Waals surface area (Å²) >= 11 is 5.75. The third-order valence-electron chi connectivity index (χ3n) is 6.09. The first-order valence-corrected chi connectivity index (χ1v) is 11.1. The zero-order valence-corrected chi connectivity index (χ0v) is 19.1. The molecule has 0 bridgehead atoms. The lowest BCUT2D eigenvalue weighted by Gasteiger charge is -2.28. The minimum Gasteiger partial charge on any atom is -0.506 e. The van der Waals surface area contributed by atoms with Crippen LogP contribution < -0.4 is 10.2 Å². The molecule has 5 nitrogen and oxygen atoms in total. The van der Waals surface area contributed by atoms with Gasteiger partial charge in [-0.2, -0.15) is 0 Å². The Morgan fingerprint density at radius 2 is 1.79 bits per heavy atom.